The van der Waals surface area contributed by atoms with Crippen molar-refractivity contribution >= 4 is 29.3 Å². The lowest BCUT2D eigenvalue weighted by atomic mass is 9.38. The molecular formula is C34H48O9. The van der Waals surface area contributed by atoms with Gasteiger partial charge in [-0.2, -0.15) is 0 Å². The van der Waals surface area contributed by atoms with Crippen LogP contribution in [0.4, 0.5) is 0 Å². The van der Waals surface area contributed by atoms with Crippen LogP contribution in [0.15, 0.2) is 23.8 Å². The minimum atomic E-state index is -2.03. The van der Waals surface area contributed by atoms with E-state index in [1.807, 2.05) is 13.8 Å². The van der Waals surface area contributed by atoms with Gasteiger partial charge in [-0.15, -0.1) is 0 Å². The van der Waals surface area contributed by atoms with Crippen molar-refractivity contribution in [1.82, 2.24) is 0 Å². The second-order valence-electron chi connectivity index (χ2n) is 15.3. The number of aliphatic hydroxyl groups excluding tert-OH is 1. The smallest absolute Gasteiger partial charge is 0.303 e. The van der Waals surface area contributed by atoms with Gasteiger partial charge in [0.15, 0.2) is 11.6 Å². The summed E-state index contributed by atoms with van der Waals surface area (Å²) in [5.41, 5.74) is -5.67. The Morgan fingerprint density at radius 2 is 1.60 bits per heavy atom. The van der Waals surface area contributed by atoms with Crippen LogP contribution in [0, 0.1) is 39.4 Å². The number of carbonyl (C=O) groups excluding carboxylic acids is 5. The van der Waals surface area contributed by atoms with E-state index in [1.165, 1.54) is 32.9 Å². The molecule has 0 saturated heterocycles. The van der Waals surface area contributed by atoms with Crippen LogP contribution in [-0.2, 0) is 33.4 Å². The molecule has 9 nitrogen and oxygen atoms in total. The summed E-state index contributed by atoms with van der Waals surface area (Å²) < 4.78 is 11.1. The molecule has 0 aromatic carbocycles. The lowest BCUT2D eigenvalue weighted by molar-refractivity contribution is -0.185. The van der Waals surface area contributed by atoms with Gasteiger partial charge in [0.05, 0.1) is 0 Å². The van der Waals surface area contributed by atoms with Crippen molar-refractivity contribution in [2.24, 2.45) is 39.4 Å². The molecule has 0 aromatic rings. The number of allylic oxidation sites excluding steroid dienone is 2. The van der Waals surface area contributed by atoms with Crippen molar-refractivity contribution in [3.8, 4) is 0 Å². The molecule has 9 atom stereocenters. The van der Waals surface area contributed by atoms with Crippen LogP contribution in [0.3, 0.4) is 0 Å². The Hall–Kier alpha value is -2.65. The highest BCUT2D eigenvalue weighted by molar-refractivity contribution is 5.98. The number of fused-ring (bicyclic) bond motifs is 5. The van der Waals surface area contributed by atoms with Crippen molar-refractivity contribution < 1.29 is 43.7 Å². The largest absolute Gasteiger partial charge is 0.462 e. The minimum absolute atomic E-state index is 0.0271. The van der Waals surface area contributed by atoms with Gasteiger partial charge in [-0.1, -0.05) is 32.4 Å². The minimum Gasteiger partial charge on any atom is -0.462 e. The molecule has 0 bridgehead atoms. The zero-order chi connectivity index (χ0) is 32.7. The van der Waals surface area contributed by atoms with Gasteiger partial charge >= 0.3 is 11.9 Å². The van der Waals surface area contributed by atoms with Crippen LogP contribution >= 0.6 is 0 Å². The van der Waals surface area contributed by atoms with Crippen molar-refractivity contribution in [3.05, 3.63) is 23.8 Å². The van der Waals surface area contributed by atoms with Gasteiger partial charge in [-0.05, 0) is 88.7 Å². The van der Waals surface area contributed by atoms with Gasteiger partial charge in [0.1, 0.15) is 29.2 Å². The number of esters is 2. The molecule has 0 amide bonds. The Kier molecular flexibility index (Phi) is 7.88. The van der Waals surface area contributed by atoms with E-state index in [0.29, 0.717) is 12.8 Å². The second-order valence-corrected chi connectivity index (χ2v) is 15.3. The fourth-order valence-corrected chi connectivity index (χ4v) is 9.68. The quantitative estimate of drug-likeness (QED) is 0.262. The first-order valence-electron chi connectivity index (χ1n) is 15.3. The predicted molar refractivity (Wildman–Crippen MR) is 157 cm³/mol. The van der Waals surface area contributed by atoms with Gasteiger partial charge in [-0.3, -0.25) is 24.0 Å². The van der Waals surface area contributed by atoms with Gasteiger partial charge in [-0.25, -0.2) is 0 Å². The Morgan fingerprint density at radius 1 is 1.00 bits per heavy atom. The van der Waals surface area contributed by atoms with Gasteiger partial charge < -0.3 is 19.7 Å². The number of ether oxygens (including phenoxy) is 2. The van der Waals surface area contributed by atoms with Crippen LogP contribution in [0.25, 0.3) is 0 Å². The molecule has 0 heterocycles. The first kappa shape index (κ1) is 33.2. The number of carbonyl (C=O) groups is 5. The molecule has 43 heavy (non-hydrogen) atoms. The van der Waals surface area contributed by atoms with Crippen LogP contribution in [0.1, 0.15) is 94.9 Å². The number of Topliss-reactive ketones (excluding diaryl/α,β-unsaturated/α-hetero) is 2. The number of rotatable bonds is 6. The average molecular weight is 601 g/mol. The van der Waals surface area contributed by atoms with Gasteiger partial charge in [0, 0.05) is 37.0 Å². The second kappa shape index (κ2) is 10.2. The summed E-state index contributed by atoms with van der Waals surface area (Å²) in [6.45, 7) is 16.7. The molecule has 0 spiro atoms. The summed E-state index contributed by atoms with van der Waals surface area (Å²) in [6.07, 6.45) is 3.66. The fourth-order valence-electron chi connectivity index (χ4n) is 9.68. The normalized spacial score (nSPS) is 40.1. The predicted octanol–water partition coefficient (Wildman–Crippen LogP) is 4.07. The topological polar surface area (TPSA) is 144 Å². The molecule has 9 unspecified atom stereocenters. The highest BCUT2D eigenvalue weighted by atomic mass is 16.6. The SMILES string of the molecule is CC(=O)OC1CC2(C)C3CC=C4C(CC(O)C(=O)C4(C)C)C3(C)C(=O)CC2(C)C1C(C)(O)C(=O)/C=C/C(C)(C)OC(C)=O. The Labute approximate surface area is 254 Å². The molecular weight excluding hydrogens is 552 g/mol. The summed E-state index contributed by atoms with van der Waals surface area (Å²) in [6, 6.07) is 0. The van der Waals surface area contributed by atoms with Gasteiger partial charge in [0.2, 0.25) is 0 Å². The molecule has 0 aliphatic heterocycles. The van der Waals surface area contributed by atoms with Crippen LogP contribution in [-0.4, -0.2) is 62.9 Å². The standard InChI is InChI=1S/C34H48O9/c1-18(35)42-23-16-31(7)24-12-11-20-21(15-22(37)28(40)30(20,5)6)33(24,9)26(39)17-32(31,8)27(23)34(10,41)25(38)13-14-29(3,4)43-19(2)36/h11,13-14,21-24,27,37,41H,12,15-17H2,1-10H3/b14-13+. The Balaban J connectivity index is 1.82. The monoisotopic (exact) mass is 600 g/mol. The van der Waals surface area contributed by atoms with Crippen molar-refractivity contribution in [3.63, 3.8) is 0 Å². The first-order valence-corrected chi connectivity index (χ1v) is 15.3. The lowest BCUT2D eigenvalue weighted by Crippen LogP contribution is -2.65. The summed E-state index contributed by atoms with van der Waals surface area (Å²) >= 11 is 0. The average Bonchev–Trinajstić information content (AvgIpc) is 3.07. The van der Waals surface area contributed by atoms with Crippen molar-refractivity contribution in [2.75, 3.05) is 0 Å². The number of aliphatic hydroxyl groups is 2. The molecule has 3 fully saturated rings. The molecule has 0 radical (unpaired) electrons. The highest BCUT2D eigenvalue weighted by Gasteiger charge is 2.75. The van der Waals surface area contributed by atoms with E-state index in [9.17, 15) is 34.2 Å². The molecule has 3 saturated carbocycles. The van der Waals surface area contributed by atoms with Crippen LogP contribution in [0.5, 0.6) is 0 Å². The molecule has 4 aliphatic carbocycles. The maximum atomic E-state index is 14.5. The van der Waals surface area contributed by atoms with E-state index >= 15 is 0 Å². The molecule has 9 heteroatoms. The van der Waals surface area contributed by atoms with E-state index in [4.69, 9.17) is 9.47 Å². The molecule has 2 N–H and O–H groups in total. The summed E-state index contributed by atoms with van der Waals surface area (Å²) in [5.74, 6) is -3.54. The van der Waals surface area contributed by atoms with E-state index in [1.54, 1.807) is 27.7 Å². The number of ketones is 3. The molecule has 0 aromatic heterocycles. The lowest BCUT2D eigenvalue weighted by Gasteiger charge is -2.64. The first-order chi connectivity index (χ1) is 19.5. The van der Waals surface area contributed by atoms with Crippen molar-refractivity contribution in [1.29, 1.82) is 0 Å². The zero-order valence-electron chi connectivity index (χ0n) is 27.2. The summed E-state index contributed by atoms with van der Waals surface area (Å²) in [5, 5.41) is 22.8. The Bertz CT molecular complexity index is 1320. The third kappa shape index (κ3) is 4.85. The maximum absolute atomic E-state index is 14.5. The molecule has 4 rings (SSSR count). The van der Waals surface area contributed by atoms with Crippen molar-refractivity contribution in [2.45, 2.75) is 118 Å². The number of hydrogen-bond acceptors (Lipinski definition) is 9. The maximum Gasteiger partial charge on any atom is 0.303 e. The zero-order valence-corrected chi connectivity index (χ0v) is 27.2. The fraction of sp³-hybridized carbons (Fsp3) is 0.735. The van der Waals surface area contributed by atoms with Gasteiger partial charge in [0.25, 0.3) is 0 Å². The van der Waals surface area contributed by atoms with E-state index < -0.39 is 68.7 Å². The van der Waals surface area contributed by atoms with Crippen LogP contribution < -0.4 is 0 Å². The highest BCUT2D eigenvalue weighted by Crippen LogP contribution is 2.74. The van der Waals surface area contributed by atoms with E-state index in [0.717, 1.165) is 5.57 Å². The number of hydrogen-bond donors (Lipinski definition) is 2. The van der Waals surface area contributed by atoms with E-state index in [-0.39, 0.29) is 36.2 Å². The third-order valence-electron chi connectivity index (χ3n) is 11.8. The summed E-state index contributed by atoms with van der Waals surface area (Å²) in [4.78, 5) is 65.1. The molecule has 4 aliphatic rings. The molecule has 238 valence electrons. The summed E-state index contributed by atoms with van der Waals surface area (Å²) in [7, 11) is 0. The Morgan fingerprint density at radius 3 is 2.16 bits per heavy atom. The van der Waals surface area contributed by atoms with E-state index in [2.05, 4.69) is 13.0 Å². The van der Waals surface area contributed by atoms with Crippen LogP contribution in [0.2, 0.25) is 0 Å². The third-order valence-corrected chi connectivity index (χ3v) is 11.8.